The van der Waals surface area contributed by atoms with E-state index in [-0.39, 0.29) is 6.10 Å². The zero-order chi connectivity index (χ0) is 15.7. The van der Waals surface area contributed by atoms with Gasteiger partial charge >= 0.3 is 0 Å². The van der Waals surface area contributed by atoms with Gasteiger partial charge in [0.25, 0.3) is 0 Å². The molecule has 0 aromatic heterocycles. The Morgan fingerprint density at radius 2 is 2.05 bits per heavy atom. The smallest absolute Gasteiger partial charge is 0.190 e. The molecule has 1 N–H and O–H groups in total. The zero-order valence-corrected chi connectivity index (χ0v) is 12.8. The van der Waals surface area contributed by atoms with Crippen molar-refractivity contribution in [2.75, 3.05) is 6.61 Å². The maximum Gasteiger partial charge on any atom is 0.190 e. The Hall–Kier alpha value is -1.24. The summed E-state index contributed by atoms with van der Waals surface area (Å²) < 4.78 is 23.3. The molecule has 2 aliphatic rings. The molecular formula is C17H22O5. The van der Waals surface area contributed by atoms with Gasteiger partial charge in [0.05, 0.1) is 6.61 Å². The van der Waals surface area contributed by atoms with Crippen molar-refractivity contribution >= 4 is 0 Å². The van der Waals surface area contributed by atoms with E-state index in [2.05, 4.69) is 6.58 Å². The van der Waals surface area contributed by atoms with E-state index < -0.39 is 30.4 Å². The van der Waals surface area contributed by atoms with E-state index in [4.69, 9.17) is 18.9 Å². The molecule has 0 unspecified atom stereocenters. The summed E-state index contributed by atoms with van der Waals surface area (Å²) in [6.07, 6.45) is -1.00. The molecule has 5 heteroatoms. The second-order valence-corrected chi connectivity index (χ2v) is 6.01. The molecule has 0 saturated carbocycles. The highest BCUT2D eigenvalue weighted by Crippen LogP contribution is 2.42. The minimum absolute atomic E-state index is 0.360. The number of aliphatic hydroxyl groups excluding tert-OH is 1. The molecule has 2 aliphatic heterocycles. The fourth-order valence-electron chi connectivity index (χ4n) is 2.97. The largest absolute Gasteiger partial charge is 0.386 e. The van der Waals surface area contributed by atoms with Crippen molar-refractivity contribution in [1.29, 1.82) is 0 Å². The first-order valence-corrected chi connectivity index (χ1v) is 7.48. The molecule has 3 rings (SSSR count). The summed E-state index contributed by atoms with van der Waals surface area (Å²) in [5.41, 5.74) is 0.777. The first-order chi connectivity index (χ1) is 10.5. The van der Waals surface area contributed by atoms with E-state index >= 15 is 0 Å². The second kappa shape index (κ2) is 6.10. The van der Waals surface area contributed by atoms with Crippen molar-refractivity contribution in [1.82, 2.24) is 0 Å². The molecule has 120 valence electrons. The number of rotatable bonds is 5. The van der Waals surface area contributed by atoms with E-state index in [9.17, 15) is 5.11 Å². The molecule has 2 saturated heterocycles. The van der Waals surface area contributed by atoms with Gasteiger partial charge in [0, 0.05) is 0 Å². The lowest BCUT2D eigenvalue weighted by Crippen LogP contribution is -2.39. The van der Waals surface area contributed by atoms with Crippen molar-refractivity contribution in [3.63, 3.8) is 0 Å². The third-order valence-electron chi connectivity index (χ3n) is 3.89. The van der Waals surface area contributed by atoms with Crippen molar-refractivity contribution < 1.29 is 24.1 Å². The van der Waals surface area contributed by atoms with Crippen molar-refractivity contribution in [3.8, 4) is 0 Å². The van der Waals surface area contributed by atoms with Crippen LogP contribution in [0.1, 0.15) is 25.5 Å². The van der Waals surface area contributed by atoms with Crippen LogP contribution in [0.2, 0.25) is 0 Å². The average Bonchev–Trinajstić information content (AvgIpc) is 2.97. The summed E-state index contributed by atoms with van der Waals surface area (Å²) in [5.74, 6) is -0.714. The van der Waals surface area contributed by atoms with Crippen LogP contribution >= 0.6 is 0 Å². The van der Waals surface area contributed by atoms with Gasteiger partial charge in [-0.2, -0.15) is 0 Å². The minimum Gasteiger partial charge on any atom is -0.386 e. The summed E-state index contributed by atoms with van der Waals surface area (Å²) in [4.78, 5) is 0. The molecule has 5 nitrogen and oxygen atoms in total. The molecule has 0 radical (unpaired) electrons. The molecule has 0 bridgehead atoms. The van der Waals surface area contributed by atoms with E-state index in [0.717, 1.165) is 5.56 Å². The highest BCUT2D eigenvalue weighted by atomic mass is 16.8. The van der Waals surface area contributed by atoms with Crippen molar-refractivity contribution in [3.05, 3.63) is 48.6 Å². The van der Waals surface area contributed by atoms with Crippen molar-refractivity contribution in [2.45, 2.75) is 50.3 Å². The standard InChI is InChI=1S/C17H22O5/c1-4-10-19-14-13(12(18)11-8-6-5-7-9-11)20-16-15(14)21-17(2,3)22-16/h4-9,12-16,18H,1,10H2,2-3H3/t12-,13-,14-,15+,16+/m0/s1. The Balaban J connectivity index is 1.80. The van der Waals surface area contributed by atoms with Crippen LogP contribution in [0.3, 0.4) is 0 Å². The first kappa shape index (κ1) is 15.6. The van der Waals surface area contributed by atoms with Gasteiger partial charge in [0.15, 0.2) is 12.1 Å². The van der Waals surface area contributed by atoms with Crippen LogP contribution in [-0.4, -0.2) is 42.1 Å². The summed E-state index contributed by atoms with van der Waals surface area (Å²) >= 11 is 0. The molecule has 1 aromatic carbocycles. The molecule has 0 amide bonds. The summed E-state index contributed by atoms with van der Waals surface area (Å²) in [7, 11) is 0. The average molecular weight is 306 g/mol. The van der Waals surface area contributed by atoms with E-state index in [1.807, 2.05) is 44.2 Å². The molecule has 0 spiro atoms. The van der Waals surface area contributed by atoms with Gasteiger partial charge in [-0.3, -0.25) is 0 Å². The Bertz CT molecular complexity index is 515. The van der Waals surface area contributed by atoms with E-state index in [1.165, 1.54) is 0 Å². The molecule has 2 fully saturated rings. The maximum atomic E-state index is 10.6. The predicted octanol–water partition coefficient (Wildman–Crippen LogP) is 2.17. The summed E-state index contributed by atoms with van der Waals surface area (Å²) in [6.45, 7) is 7.69. The van der Waals surface area contributed by atoms with Gasteiger partial charge < -0.3 is 24.1 Å². The molecule has 2 heterocycles. The Morgan fingerprint density at radius 3 is 2.73 bits per heavy atom. The fraction of sp³-hybridized carbons (Fsp3) is 0.529. The van der Waals surface area contributed by atoms with Crippen LogP contribution in [-0.2, 0) is 18.9 Å². The molecule has 5 atom stereocenters. The predicted molar refractivity (Wildman–Crippen MR) is 80.0 cm³/mol. The maximum absolute atomic E-state index is 10.6. The van der Waals surface area contributed by atoms with Gasteiger partial charge in [-0.25, -0.2) is 0 Å². The van der Waals surface area contributed by atoms with E-state index in [1.54, 1.807) is 6.08 Å². The first-order valence-electron chi connectivity index (χ1n) is 7.48. The third kappa shape index (κ3) is 2.95. The van der Waals surface area contributed by atoms with Gasteiger partial charge in [-0.05, 0) is 19.4 Å². The van der Waals surface area contributed by atoms with Crippen LogP contribution in [0.5, 0.6) is 0 Å². The number of hydrogen-bond acceptors (Lipinski definition) is 5. The fourth-order valence-corrected chi connectivity index (χ4v) is 2.97. The van der Waals surface area contributed by atoms with Crippen LogP contribution in [0.4, 0.5) is 0 Å². The number of ether oxygens (including phenoxy) is 4. The molecule has 1 aromatic rings. The Kier molecular flexibility index (Phi) is 4.34. The van der Waals surface area contributed by atoms with Gasteiger partial charge in [-0.1, -0.05) is 36.4 Å². The monoisotopic (exact) mass is 306 g/mol. The number of fused-ring (bicyclic) bond motifs is 1. The number of hydrogen-bond donors (Lipinski definition) is 1. The third-order valence-corrected chi connectivity index (χ3v) is 3.89. The van der Waals surface area contributed by atoms with Crippen LogP contribution in [0, 0.1) is 0 Å². The molecule has 22 heavy (non-hydrogen) atoms. The van der Waals surface area contributed by atoms with Crippen molar-refractivity contribution in [2.24, 2.45) is 0 Å². The highest BCUT2D eigenvalue weighted by Gasteiger charge is 2.57. The van der Waals surface area contributed by atoms with Gasteiger partial charge in [0.2, 0.25) is 0 Å². The molecular weight excluding hydrogens is 284 g/mol. The van der Waals surface area contributed by atoms with Crippen LogP contribution in [0.25, 0.3) is 0 Å². The quantitative estimate of drug-likeness (QED) is 0.845. The lowest BCUT2D eigenvalue weighted by molar-refractivity contribution is -0.229. The molecule has 0 aliphatic carbocycles. The van der Waals surface area contributed by atoms with Gasteiger partial charge in [-0.15, -0.1) is 6.58 Å². The van der Waals surface area contributed by atoms with Crippen LogP contribution < -0.4 is 0 Å². The normalized spacial score (nSPS) is 34.3. The van der Waals surface area contributed by atoms with Crippen LogP contribution in [0.15, 0.2) is 43.0 Å². The Labute approximate surface area is 130 Å². The lowest BCUT2D eigenvalue weighted by atomic mass is 9.99. The van der Waals surface area contributed by atoms with Gasteiger partial charge in [0.1, 0.15) is 24.4 Å². The zero-order valence-electron chi connectivity index (χ0n) is 12.8. The van der Waals surface area contributed by atoms with E-state index in [0.29, 0.717) is 6.61 Å². The lowest BCUT2D eigenvalue weighted by Gasteiger charge is -2.28. The topological polar surface area (TPSA) is 57.2 Å². The Morgan fingerprint density at radius 1 is 1.32 bits per heavy atom. The SMILES string of the molecule is C=CCO[C@H]1[C@H]([C@@H](O)c2ccccc2)O[C@@H]2OC(C)(C)O[C@@H]21. The second-order valence-electron chi connectivity index (χ2n) is 6.01. The summed E-state index contributed by atoms with van der Waals surface area (Å²) in [6, 6.07) is 9.38. The number of benzene rings is 1. The highest BCUT2D eigenvalue weighted by molar-refractivity contribution is 5.20. The summed E-state index contributed by atoms with van der Waals surface area (Å²) in [5, 5.41) is 10.6. The number of aliphatic hydroxyl groups is 1. The minimum atomic E-state index is -0.808.